The van der Waals surface area contributed by atoms with Gasteiger partial charge < -0.3 is 0 Å². The van der Waals surface area contributed by atoms with Gasteiger partial charge in [-0.15, -0.1) is 0 Å². The van der Waals surface area contributed by atoms with Crippen LogP contribution in [0.2, 0.25) is 0 Å². The maximum atomic E-state index is 11.4. The molecule has 1 aromatic carbocycles. The molecule has 1 aromatic rings. The number of carbonyl (C=O) groups is 1. The molecule has 0 saturated heterocycles. The first-order chi connectivity index (χ1) is 7.58. The van der Waals surface area contributed by atoms with Crippen molar-refractivity contribution in [2.24, 2.45) is 0 Å². The highest BCUT2D eigenvalue weighted by atomic mass is 79.9. The monoisotopic (exact) mass is 320 g/mol. The van der Waals surface area contributed by atoms with Crippen molar-refractivity contribution >= 4 is 50.7 Å². The predicted molar refractivity (Wildman–Crippen MR) is 68.4 cm³/mol. The van der Waals surface area contributed by atoms with Crippen LogP contribution >= 0.6 is 39.1 Å². The van der Waals surface area contributed by atoms with Crippen LogP contribution in [-0.4, -0.2) is 12.5 Å². The van der Waals surface area contributed by atoms with E-state index in [1.54, 1.807) is 5.01 Å². The highest BCUT2D eigenvalue weighted by Gasteiger charge is 2.23. The van der Waals surface area contributed by atoms with E-state index in [1.807, 2.05) is 24.3 Å². The molecule has 0 aliphatic carbocycles. The molecule has 1 amide bonds. The topological polar surface area (TPSA) is 32.3 Å². The van der Waals surface area contributed by atoms with Crippen LogP contribution < -0.4 is 10.4 Å². The summed E-state index contributed by atoms with van der Waals surface area (Å²) in [5, 5.41) is 2.03. The lowest BCUT2D eigenvalue weighted by molar-refractivity contribution is -0.117. The third kappa shape index (κ3) is 2.34. The van der Waals surface area contributed by atoms with E-state index in [2.05, 4.69) is 21.4 Å². The van der Waals surface area contributed by atoms with Gasteiger partial charge in [0.2, 0.25) is 0 Å². The maximum absolute atomic E-state index is 11.4. The summed E-state index contributed by atoms with van der Waals surface area (Å²) in [7, 11) is 0. The summed E-state index contributed by atoms with van der Waals surface area (Å²) in [5.41, 5.74) is 3.48. The van der Waals surface area contributed by atoms with Crippen LogP contribution in [0.15, 0.2) is 38.8 Å². The van der Waals surface area contributed by atoms with Gasteiger partial charge in [0.05, 0.1) is 17.3 Å². The summed E-state index contributed by atoms with van der Waals surface area (Å²) in [4.78, 5) is 11.4. The lowest BCUT2D eigenvalue weighted by Crippen LogP contribution is -2.47. The molecule has 0 aromatic heterocycles. The first-order valence-corrected chi connectivity index (χ1v) is 6.01. The van der Waals surface area contributed by atoms with Gasteiger partial charge in [-0.25, -0.2) is 0 Å². The first-order valence-electron chi connectivity index (χ1n) is 4.46. The number of nitrogens with one attached hydrogen (secondary N) is 1. The second-order valence-corrected chi connectivity index (χ2v) is 4.97. The third-order valence-electron chi connectivity index (χ3n) is 2.11. The van der Waals surface area contributed by atoms with Crippen molar-refractivity contribution in [3.8, 4) is 0 Å². The number of amides is 1. The van der Waals surface area contributed by atoms with Crippen molar-refractivity contribution in [2.45, 2.75) is 0 Å². The average molecular weight is 322 g/mol. The van der Waals surface area contributed by atoms with Crippen molar-refractivity contribution in [3.05, 3.63) is 38.8 Å². The molecule has 0 saturated carbocycles. The molecular weight excluding hydrogens is 315 g/mol. The molecule has 0 bridgehead atoms. The number of nitrogens with zero attached hydrogens (tertiary/aromatic N) is 1. The van der Waals surface area contributed by atoms with Gasteiger partial charge >= 0.3 is 0 Å². The Kier molecular flexibility index (Phi) is 3.42. The summed E-state index contributed by atoms with van der Waals surface area (Å²) >= 11 is 14.9. The average Bonchev–Trinajstić information content (AvgIpc) is 2.26. The smallest absolute Gasteiger partial charge is 0.280 e. The van der Waals surface area contributed by atoms with Crippen LogP contribution in [0.1, 0.15) is 0 Å². The number of anilines is 1. The Morgan fingerprint density at radius 1 is 1.25 bits per heavy atom. The standard InChI is InChI=1S/C10H7BrCl2N2O/c11-6-1-3-7(4-2-6)15-5-8(12)9(13)10(16)14-15/h1-4H,5H2,(H,14,16). The molecule has 1 aliphatic rings. The van der Waals surface area contributed by atoms with Crippen molar-refractivity contribution in [3.63, 3.8) is 0 Å². The van der Waals surface area contributed by atoms with Gasteiger partial charge in [-0.3, -0.25) is 15.2 Å². The van der Waals surface area contributed by atoms with Gasteiger partial charge in [-0.1, -0.05) is 39.1 Å². The van der Waals surface area contributed by atoms with Crippen molar-refractivity contribution in [1.29, 1.82) is 0 Å². The summed E-state index contributed by atoms with van der Waals surface area (Å²) in [6.45, 7) is 0.369. The molecule has 0 fully saturated rings. The lowest BCUT2D eigenvalue weighted by atomic mass is 10.3. The largest absolute Gasteiger partial charge is 0.282 e. The molecule has 1 heterocycles. The van der Waals surface area contributed by atoms with Crippen LogP contribution in [0.4, 0.5) is 5.69 Å². The summed E-state index contributed by atoms with van der Waals surface area (Å²) in [6.07, 6.45) is 0. The quantitative estimate of drug-likeness (QED) is 0.862. The molecule has 1 aliphatic heterocycles. The SMILES string of the molecule is O=C1NN(c2ccc(Br)cc2)CC(Cl)=C1Cl. The summed E-state index contributed by atoms with van der Waals surface area (Å²) in [5.74, 6) is -0.388. The molecule has 84 valence electrons. The third-order valence-corrected chi connectivity index (χ3v) is 3.44. The maximum Gasteiger partial charge on any atom is 0.282 e. The van der Waals surface area contributed by atoms with E-state index in [1.165, 1.54) is 0 Å². The van der Waals surface area contributed by atoms with Crippen LogP contribution in [-0.2, 0) is 4.79 Å². The van der Waals surface area contributed by atoms with Crippen molar-refractivity contribution < 1.29 is 4.79 Å². The fraction of sp³-hybridized carbons (Fsp3) is 0.100. The molecule has 0 unspecified atom stereocenters. The number of carbonyl (C=O) groups excluding carboxylic acids is 1. The summed E-state index contributed by atoms with van der Waals surface area (Å²) in [6, 6.07) is 7.51. The Bertz CT molecular complexity index is 458. The van der Waals surface area contributed by atoms with Crippen LogP contribution in [0.3, 0.4) is 0 Å². The zero-order valence-corrected chi connectivity index (χ0v) is 11.1. The zero-order chi connectivity index (χ0) is 11.7. The molecule has 2 rings (SSSR count). The Balaban J connectivity index is 2.25. The normalized spacial score (nSPS) is 16.4. The Hall–Kier alpha value is -0.710. The van der Waals surface area contributed by atoms with E-state index in [0.717, 1.165) is 10.2 Å². The number of hydrogen-bond donors (Lipinski definition) is 1. The van der Waals surface area contributed by atoms with Crippen molar-refractivity contribution in [2.75, 3.05) is 11.6 Å². The van der Waals surface area contributed by atoms with Gasteiger partial charge in [0.25, 0.3) is 5.91 Å². The minimum absolute atomic E-state index is 0.0510. The first kappa shape index (κ1) is 11.8. The number of halogens is 3. The van der Waals surface area contributed by atoms with E-state index in [-0.39, 0.29) is 10.9 Å². The second-order valence-electron chi connectivity index (χ2n) is 3.22. The minimum atomic E-state index is -0.388. The Labute approximate surface area is 111 Å². The molecule has 3 nitrogen and oxygen atoms in total. The second kappa shape index (κ2) is 4.65. The molecule has 16 heavy (non-hydrogen) atoms. The summed E-state index contributed by atoms with van der Waals surface area (Å²) < 4.78 is 0.972. The number of hydrazine groups is 1. The van der Waals surface area contributed by atoms with Gasteiger partial charge in [0.15, 0.2) is 0 Å². The van der Waals surface area contributed by atoms with E-state index in [0.29, 0.717) is 11.6 Å². The van der Waals surface area contributed by atoms with Crippen LogP contribution in [0, 0.1) is 0 Å². The lowest BCUT2D eigenvalue weighted by Gasteiger charge is -2.28. The van der Waals surface area contributed by atoms with Gasteiger partial charge in [-0.2, -0.15) is 0 Å². The van der Waals surface area contributed by atoms with E-state index in [9.17, 15) is 4.79 Å². The number of benzene rings is 1. The molecule has 0 radical (unpaired) electrons. The molecule has 1 N–H and O–H groups in total. The van der Waals surface area contributed by atoms with Crippen LogP contribution in [0.25, 0.3) is 0 Å². The zero-order valence-electron chi connectivity index (χ0n) is 8.01. The van der Waals surface area contributed by atoms with E-state index < -0.39 is 0 Å². The predicted octanol–water partition coefficient (Wildman–Crippen LogP) is 2.99. The van der Waals surface area contributed by atoms with Crippen molar-refractivity contribution in [1.82, 2.24) is 5.43 Å². The van der Waals surface area contributed by atoms with Gasteiger partial charge in [0.1, 0.15) is 5.03 Å². The highest BCUT2D eigenvalue weighted by molar-refractivity contribution is 9.10. The Morgan fingerprint density at radius 3 is 2.44 bits per heavy atom. The van der Waals surface area contributed by atoms with E-state index in [4.69, 9.17) is 23.2 Å². The highest BCUT2D eigenvalue weighted by Crippen LogP contribution is 2.24. The van der Waals surface area contributed by atoms with Crippen LogP contribution in [0.5, 0.6) is 0 Å². The fourth-order valence-corrected chi connectivity index (χ4v) is 1.89. The van der Waals surface area contributed by atoms with Gasteiger partial charge in [-0.05, 0) is 24.3 Å². The van der Waals surface area contributed by atoms with Gasteiger partial charge in [0, 0.05) is 4.47 Å². The minimum Gasteiger partial charge on any atom is -0.280 e. The molecular formula is C10H7BrCl2N2O. The molecule has 0 atom stereocenters. The van der Waals surface area contributed by atoms with E-state index >= 15 is 0 Å². The number of rotatable bonds is 1. The number of hydrogen-bond acceptors (Lipinski definition) is 2. The fourth-order valence-electron chi connectivity index (χ4n) is 1.32. The molecule has 6 heteroatoms. The molecule has 0 spiro atoms. The Morgan fingerprint density at radius 2 is 1.88 bits per heavy atom.